The summed E-state index contributed by atoms with van der Waals surface area (Å²) in [4.78, 5) is 0. The highest BCUT2D eigenvalue weighted by atomic mass is 16.4. The molecule has 98 valence electrons. The van der Waals surface area contributed by atoms with Crippen molar-refractivity contribution in [1.82, 2.24) is 0 Å². The summed E-state index contributed by atoms with van der Waals surface area (Å²) < 4.78 is 0. The van der Waals surface area contributed by atoms with Crippen molar-refractivity contribution in [1.29, 1.82) is 0 Å². The zero-order valence-corrected chi connectivity index (χ0v) is 11.4. The number of hydrogen-bond acceptors (Lipinski definition) is 2. The van der Waals surface area contributed by atoms with Crippen LogP contribution in [0.4, 0.5) is 0 Å². The summed E-state index contributed by atoms with van der Waals surface area (Å²) in [6.07, 6.45) is 0.638. The summed E-state index contributed by atoms with van der Waals surface area (Å²) >= 11 is 0. The number of nitrogens with zero attached hydrogens (tertiary/aromatic N) is 1. The number of hydrogen-bond donors (Lipinski definition) is 1. The third kappa shape index (κ3) is 3.44. The zero-order valence-electron chi connectivity index (χ0n) is 11.4. The minimum Gasteiger partial charge on any atom is -0.411 e. The molecule has 0 unspecified atom stereocenters. The van der Waals surface area contributed by atoms with Gasteiger partial charge in [0.25, 0.3) is 0 Å². The molecule has 2 aromatic carbocycles. The molecule has 2 nitrogen and oxygen atoms in total. The van der Waals surface area contributed by atoms with Crippen molar-refractivity contribution in [3.63, 3.8) is 0 Å². The largest absolute Gasteiger partial charge is 0.411 e. The van der Waals surface area contributed by atoms with E-state index in [0.717, 1.165) is 11.1 Å². The van der Waals surface area contributed by atoms with Crippen molar-refractivity contribution in [2.45, 2.75) is 26.2 Å². The van der Waals surface area contributed by atoms with Crippen molar-refractivity contribution < 1.29 is 5.21 Å². The Balaban J connectivity index is 2.16. The summed E-state index contributed by atoms with van der Waals surface area (Å²) in [7, 11) is 0. The molecule has 2 aromatic rings. The maximum Gasteiger partial charge on any atom is 0.0911 e. The Kier molecular flexibility index (Phi) is 4.35. The van der Waals surface area contributed by atoms with E-state index >= 15 is 0 Å². The molecule has 0 heterocycles. The van der Waals surface area contributed by atoms with Gasteiger partial charge in [-0.2, -0.15) is 0 Å². The molecule has 0 atom stereocenters. The molecule has 0 aliphatic carbocycles. The van der Waals surface area contributed by atoms with E-state index < -0.39 is 0 Å². The first-order valence-corrected chi connectivity index (χ1v) is 6.56. The molecule has 0 aliphatic heterocycles. The van der Waals surface area contributed by atoms with Crippen molar-refractivity contribution in [2.24, 2.45) is 5.16 Å². The summed E-state index contributed by atoms with van der Waals surface area (Å²) in [6.45, 7) is 4.36. The van der Waals surface area contributed by atoms with E-state index in [1.54, 1.807) is 0 Å². The first-order chi connectivity index (χ1) is 9.20. The molecular formula is C17H19NO. The van der Waals surface area contributed by atoms with Gasteiger partial charge >= 0.3 is 0 Å². The quantitative estimate of drug-likeness (QED) is 0.493. The third-order valence-electron chi connectivity index (χ3n) is 3.25. The predicted octanol–water partition coefficient (Wildman–Crippen LogP) is 4.23. The van der Waals surface area contributed by atoms with Crippen LogP contribution in [0.1, 0.15) is 36.5 Å². The Morgan fingerprint density at radius 1 is 1.00 bits per heavy atom. The Bertz CT molecular complexity index is 541. The predicted molar refractivity (Wildman–Crippen MR) is 79.0 cm³/mol. The van der Waals surface area contributed by atoms with Gasteiger partial charge in [0.05, 0.1) is 5.71 Å². The molecular weight excluding hydrogens is 234 g/mol. The van der Waals surface area contributed by atoms with E-state index in [0.29, 0.717) is 18.1 Å². The van der Waals surface area contributed by atoms with Crippen molar-refractivity contribution in [2.75, 3.05) is 0 Å². The third-order valence-corrected chi connectivity index (χ3v) is 3.25. The van der Waals surface area contributed by atoms with E-state index in [9.17, 15) is 5.21 Å². The zero-order chi connectivity index (χ0) is 13.7. The maximum absolute atomic E-state index is 9.17. The van der Waals surface area contributed by atoms with Gasteiger partial charge in [-0.05, 0) is 22.6 Å². The Morgan fingerprint density at radius 2 is 1.63 bits per heavy atom. The van der Waals surface area contributed by atoms with Gasteiger partial charge in [0.1, 0.15) is 0 Å². The minimum absolute atomic E-state index is 0.536. The fourth-order valence-electron chi connectivity index (χ4n) is 2.04. The van der Waals surface area contributed by atoms with Gasteiger partial charge in [-0.1, -0.05) is 73.6 Å². The topological polar surface area (TPSA) is 32.6 Å². The van der Waals surface area contributed by atoms with Crippen molar-refractivity contribution >= 4 is 5.71 Å². The van der Waals surface area contributed by atoms with Crippen LogP contribution in [-0.4, -0.2) is 10.9 Å². The molecule has 0 bridgehead atoms. The van der Waals surface area contributed by atoms with Crippen LogP contribution < -0.4 is 0 Å². The van der Waals surface area contributed by atoms with Crippen LogP contribution in [0.2, 0.25) is 0 Å². The Morgan fingerprint density at radius 3 is 2.16 bits per heavy atom. The second-order valence-corrected chi connectivity index (χ2v) is 4.99. The van der Waals surface area contributed by atoms with Crippen LogP contribution in [0.15, 0.2) is 59.8 Å². The Hall–Kier alpha value is -2.09. The van der Waals surface area contributed by atoms with Crippen LogP contribution >= 0.6 is 0 Å². The normalized spacial score (nSPS) is 11.8. The first kappa shape index (κ1) is 13.3. The first-order valence-electron chi connectivity index (χ1n) is 6.56. The van der Waals surface area contributed by atoms with Crippen LogP contribution in [-0.2, 0) is 6.42 Å². The average Bonchev–Trinajstić information content (AvgIpc) is 2.46. The molecule has 0 saturated heterocycles. The van der Waals surface area contributed by atoms with Crippen LogP contribution in [0.5, 0.6) is 0 Å². The second kappa shape index (κ2) is 6.19. The lowest BCUT2D eigenvalue weighted by atomic mass is 9.98. The molecule has 0 amide bonds. The molecule has 1 N–H and O–H groups in total. The maximum atomic E-state index is 9.17. The molecule has 0 aliphatic rings. The van der Waals surface area contributed by atoms with Gasteiger partial charge < -0.3 is 5.21 Å². The molecule has 2 rings (SSSR count). The Labute approximate surface area is 114 Å². The van der Waals surface area contributed by atoms with E-state index in [1.165, 1.54) is 5.56 Å². The lowest BCUT2D eigenvalue weighted by Crippen LogP contribution is -2.05. The number of oxime groups is 1. The van der Waals surface area contributed by atoms with Crippen LogP contribution in [0.3, 0.4) is 0 Å². The van der Waals surface area contributed by atoms with Crippen LogP contribution in [0, 0.1) is 0 Å². The van der Waals surface area contributed by atoms with Gasteiger partial charge in [-0.15, -0.1) is 0 Å². The molecule has 19 heavy (non-hydrogen) atoms. The molecule has 0 radical (unpaired) electrons. The van der Waals surface area contributed by atoms with E-state index in [1.807, 2.05) is 30.3 Å². The minimum atomic E-state index is 0.536. The summed E-state index contributed by atoms with van der Waals surface area (Å²) in [5.74, 6) is 0.536. The smallest absolute Gasteiger partial charge is 0.0911 e. The summed E-state index contributed by atoms with van der Waals surface area (Å²) in [5.41, 5.74) is 4.13. The molecule has 0 spiro atoms. The molecule has 2 heteroatoms. The SMILES string of the molecule is CC(C)c1ccc(CC(=NO)c2ccccc2)cc1. The highest BCUT2D eigenvalue weighted by molar-refractivity contribution is 6.01. The highest BCUT2D eigenvalue weighted by Crippen LogP contribution is 2.16. The van der Waals surface area contributed by atoms with Crippen molar-refractivity contribution in [3.05, 3.63) is 71.3 Å². The average molecular weight is 253 g/mol. The molecule has 0 saturated carbocycles. The molecule has 0 aromatic heterocycles. The van der Waals surface area contributed by atoms with E-state index in [-0.39, 0.29) is 0 Å². The van der Waals surface area contributed by atoms with Gasteiger partial charge in [0.2, 0.25) is 0 Å². The fourth-order valence-corrected chi connectivity index (χ4v) is 2.04. The lowest BCUT2D eigenvalue weighted by molar-refractivity contribution is 0.318. The summed E-state index contributed by atoms with van der Waals surface area (Å²) in [5, 5.41) is 12.6. The standard InChI is InChI=1S/C17H19NO/c1-13(2)15-10-8-14(9-11-15)12-17(18-19)16-6-4-3-5-7-16/h3-11,13,19H,12H2,1-2H3. The summed E-state index contributed by atoms with van der Waals surface area (Å²) in [6, 6.07) is 18.2. The number of benzene rings is 2. The van der Waals surface area contributed by atoms with Gasteiger partial charge in [0, 0.05) is 6.42 Å². The monoisotopic (exact) mass is 253 g/mol. The van der Waals surface area contributed by atoms with Gasteiger partial charge in [-0.25, -0.2) is 0 Å². The van der Waals surface area contributed by atoms with E-state index in [2.05, 4.69) is 43.3 Å². The fraction of sp³-hybridized carbons (Fsp3) is 0.235. The van der Waals surface area contributed by atoms with Gasteiger partial charge in [0.15, 0.2) is 0 Å². The lowest BCUT2D eigenvalue weighted by Gasteiger charge is -2.08. The van der Waals surface area contributed by atoms with Crippen molar-refractivity contribution in [3.8, 4) is 0 Å². The van der Waals surface area contributed by atoms with Gasteiger partial charge in [-0.3, -0.25) is 0 Å². The molecule has 0 fully saturated rings. The highest BCUT2D eigenvalue weighted by Gasteiger charge is 2.06. The number of rotatable bonds is 4. The van der Waals surface area contributed by atoms with Crippen LogP contribution in [0.25, 0.3) is 0 Å². The second-order valence-electron chi connectivity index (χ2n) is 4.99. The van der Waals surface area contributed by atoms with E-state index in [4.69, 9.17) is 0 Å².